The van der Waals surface area contributed by atoms with Gasteiger partial charge >= 0.3 is 6.03 Å². The van der Waals surface area contributed by atoms with Crippen LogP contribution < -0.4 is 4.90 Å². The van der Waals surface area contributed by atoms with Crippen molar-refractivity contribution in [1.82, 2.24) is 15.0 Å². The third kappa shape index (κ3) is 2.76. The van der Waals surface area contributed by atoms with Crippen molar-refractivity contribution in [3.05, 3.63) is 84.4 Å². The number of carbonyl (C=O) groups is 1. The fourth-order valence-corrected chi connectivity index (χ4v) is 2.79. The van der Waals surface area contributed by atoms with Crippen molar-refractivity contribution in [3.63, 3.8) is 0 Å². The van der Waals surface area contributed by atoms with E-state index < -0.39 is 0 Å². The molecule has 0 atom stereocenters. The number of nitrogens with zero attached hydrogens (tertiary/aromatic N) is 4. The summed E-state index contributed by atoms with van der Waals surface area (Å²) in [6, 6.07) is 24.5. The summed E-state index contributed by atoms with van der Waals surface area (Å²) in [5.41, 5.74) is 4.01. The van der Waals surface area contributed by atoms with E-state index in [1.807, 2.05) is 85.8 Å². The summed E-state index contributed by atoms with van der Waals surface area (Å²) in [5.74, 6) is 0. The van der Waals surface area contributed by atoms with Crippen molar-refractivity contribution in [2.45, 2.75) is 6.92 Å². The second-order valence-electron chi connectivity index (χ2n) is 5.78. The molecule has 4 rings (SSSR count). The molecule has 0 radical (unpaired) electrons. The van der Waals surface area contributed by atoms with Crippen molar-refractivity contribution >= 4 is 28.4 Å². The van der Waals surface area contributed by atoms with Gasteiger partial charge in [-0.1, -0.05) is 47.7 Å². The maximum Gasteiger partial charge on any atom is 0.355 e. The van der Waals surface area contributed by atoms with E-state index in [2.05, 4.69) is 10.3 Å². The number of anilines is 2. The van der Waals surface area contributed by atoms with E-state index in [4.69, 9.17) is 0 Å². The molecule has 0 fully saturated rings. The molecule has 1 heterocycles. The van der Waals surface area contributed by atoms with E-state index in [1.54, 1.807) is 4.90 Å². The molecule has 0 saturated heterocycles. The molecule has 0 bridgehead atoms. The second-order valence-corrected chi connectivity index (χ2v) is 5.78. The molecule has 0 aliphatic heterocycles. The molecule has 0 unspecified atom stereocenters. The number of aryl methyl sites for hydroxylation is 1. The van der Waals surface area contributed by atoms with Crippen LogP contribution in [0.2, 0.25) is 0 Å². The number of fused-ring (bicyclic) bond motifs is 1. The topological polar surface area (TPSA) is 51.0 Å². The number of benzene rings is 3. The van der Waals surface area contributed by atoms with Gasteiger partial charge < -0.3 is 0 Å². The van der Waals surface area contributed by atoms with Gasteiger partial charge in [0, 0.05) is 0 Å². The lowest BCUT2D eigenvalue weighted by molar-refractivity contribution is 0.247. The zero-order valence-corrected chi connectivity index (χ0v) is 13.7. The number of aromatic nitrogens is 3. The van der Waals surface area contributed by atoms with E-state index in [9.17, 15) is 4.79 Å². The Bertz CT molecular complexity index is 986. The van der Waals surface area contributed by atoms with Crippen molar-refractivity contribution < 1.29 is 4.79 Å². The van der Waals surface area contributed by atoms with Crippen molar-refractivity contribution in [1.29, 1.82) is 0 Å². The number of carbonyl (C=O) groups excluding carboxylic acids is 1. The van der Waals surface area contributed by atoms with Gasteiger partial charge in [-0.05, 0) is 48.9 Å². The van der Waals surface area contributed by atoms with Gasteiger partial charge in [-0.15, -0.1) is 5.10 Å². The average molecular weight is 328 g/mol. The summed E-state index contributed by atoms with van der Waals surface area (Å²) in [7, 11) is 0. The molecule has 1 amide bonds. The quantitative estimate of drug-likeness (QED) is 0.542. The van der Waals surface area contributed by atoms with Gasteiger partial charge in [0.25, 0.3) is 0 Å². The van der Waals surface area contributed by atoms with Gasteiger partial charge in [0.1, 0.15) is 5.52 Å². The number of para-hydroxylation sites is 2. The van der Waals surface area contributed by atoms with Crippen LogP contribution in [0.25, 0.3) is 11.0 Å². The summed E-state index contributed by atoms with van der Waals surface area (Å²) in [4.78, 5) is 14.9. The fourth-order valence-electron chi connectivity index (χ4n) is 2.79. The highest BCUT2D eigenvalue weighted by Crippen LogP contribution is 2.26. The maximum atomic E-state index is 13.3. The Hall–Kier alpha value is -3.47. The highest BCUT2D eigenvalue weighted by molar-refractivity contribution is 6.03. The summed E-state index contributed by atoms with van der Waals surface area (Å²) >= 11 is 0. The fraction of sp³-hybridized carbons (Fsp3) is 0.0500. The number of rotatable bonds is 2. The molecular weight excluding hydrogens is 312 g/mol. The number of hydrogen-bond donors (Lipinski definition) is 0. The second kappa shape index (κ2) is 6.20. The largest absolute Gasteiger partial charge is 0.355 e. The lowest BCUT2D eigenvalue weighted by Crippen LogP contribution is -2.31. The lowest BCUT2D eigenvalue weighted by atomic mass is 10.2. The first-order chi connectivity index (χ1) is 12.2. The van der Waals surface area contributed by atoms with Crippen LogP contribution >= 0.6 is 0 Å². The predicted octanol–water partition coefficient (Wildman–Crippen LogP) is 4.55. The summed E-state index contributed by atoms with van der Waals surface area (Å²) < 4.78 is 1.34. The summed E-state index contributed by atoms with van der Waals surface area (Å²) in [6.45, 7) is 1.99. The number of hydrogen-bond acceptors (Lipinski definition) is 3. The molecule has 25 heavy (non-hydrogen) atoms. The standard InChI is InChI=1S/C20H16N4O/c1-15-12-13-19-18(14-15)21-22-24(19)20(25)23(16-8-4-2-5-9-16)17-10-6-3-7-11-17/h2-14H,1H3. The molecule has 0 spiro atoms. The minimum Gasteiger partial charge on any atom is -0.261 e. The van der Waals surface area contributed by atoms with Gasteiger partial charge in [0.2, 0.25) is 0 Å². The average Bonchev–Trinajstić information content (AvgIpc) is 3.06. The first-order valence-corrected chi connectivity index (χ1v) is 8.01. The minimum atomic E-state index is -0.274. The van der Waals surface area contributed by atoms with Crippen molar-refractivity contribution in [2.24, 2.45) is 0 Å². The van der Waals surface area contributed by atoms with Crippen LogP contribution in [0.15, 0.2) is 78.9 Å². The summed E-state index contributed by atoms with van der Waals surface area (Å²) in [5, 5.41) is 8.22. The Kier molecular flexibility index (Phi) is 3.74. The highest BCUT2D eigenvalue weighted by Gasteiger charge is 2.22. The van der Waals surface area contributed by atoms with Gasteiger partial charge in [-0.3, -0.25) is 4.90 Å². The zero-order valence-electron chi connectivity index (χ0n) is 13.7. The smallest absolute Gasteiger partial charge is 0.261 e. The molecule has 5 nitrogen and oxygen atoms in total. The Morgan fingerprint density at radius 1 is 0.880 bits per heavy atom. The van der Waals surface area contributed by atoms with Gasteiger partial charge in [0.15, 0.2) is 0 Å². The van der Waals surface area contributed by atoms with Crippen molar-refractivity contribution in [3.8, 4) is 0 Å². The van der Waals surface area contributed by atoms with Crippen LogP contribution in [0.3, 0.4) is 0 Å². The molecule has 122 valence electrons. The molecule has 4 aromatic rings. The highest BCUT2D eigenvalue weighted by atomic mass is 16.2. The minimum absolute atomic E-state index is 0.274. The third-order valence-corrected chi connectivity index (χ3v) is 4.00. The number of amides is 1. The first-order valence-electron chi connectivity index (χ1n) is 8.01. The van der Waals surface area contributed by atoms with Gasteiger partial charge in [-0.2, -0.15) is 4.68 Å². The van der Waals surface area contributed by atoms with Crippen LogP contribution in [-0.2, 0) is 0 Å². The van der Waals surface area contributed by atoms with Crippen LogP contribution in [0, 0.1) is 6.92 Å². The Balaban J connectivity index is 1.85. The molecule has 0 aliphatic carbocycles. The Morgan fingerprint density at radius 2 is 1.48 bits per heavy atom. The molecule has 1 aromatic heterocycles. The van der Waals surface area contributed by atoms with E-state index in [1.165, 1.54) is 4.68 Å². The summed E-state index contributed by atoms with van der Waals surface area (Å²) in [6.07, 6.45) is 0. The Labute approximate surface area is 145 Å². The van der Waals surface area contributed by atoms with Gasteiger partial charge in [0.05, 0.1) is 16.9 Å². The normalized spacial score (nSPS) is 10.8. The van der Waals surface area contributed by atoms with Crippen molar-refractivity contribution in [2.75, 3.05) is 4.90 Å². The molecule has 0 saturated carbocycles. The first kappa shape index (κ1) is 15.1. The van der Waals surface area contributed by atoms with E-state index in [0.29, 0.717) is 11.0 Å². The molecule has 3 aromatic carbocycles. The Morgan fingerprint density at radius 3 is 2.08 bits per heavy atom. The zero-order chi connectivity index (χ0) is 17.2. The third-order valence-electron chi connectivity index (χ3n) is 4.00. The van der Waals surface area contributed by atoms with Gasteiger partial charge in [-0.25, -0.2) is 4.79 Å². The lowest BCUT2D eigenvalue weighted by Gasteiger charge is -2.22. The van der Waals surface area contributed by atoms with Crippen LogP contribution in [0.1, 0.15) is 5.56 Å². The van der Waals surface area contributed by atoms with E-state index >= 15 is 0 Å². The van der Waals surface area contributed by atoms with Crippen LogP contribution in [-0.4, -0.2) is 21.0 Å². The van der Waals surface area contributed by atoms with E-state index in [0.717, 1.165) is 16.9 Å². The molecular formula is C20H16N4O. The van der Waals surface area contributed by atoms with E-state index in [-0.39, 0.29) is 6.03 Å². The maximum absolute atomic E-state index is 13.3. The molecule has 0 aliphatic rings. The predicted molar refractivity (Wildman–Crippen MR) is 98.1 cm³/mol. The van der Waals surface area contributed by atoms with Crippen LogP contribution in [0.5, 0.6) is 0 Å². The SMILES string of the molecule is Cc1ccc2c(c1)nnn2C(=O)N(c1ccccc1)c1ccccc1. The van der Waals surface area contributed by atoms with Crippen LogP contribution in [0.4, 0.5) is 16.2 Å². The molecule has 0 N–H and O–H groups in total. The monoisotopic (exact) mass is 328 g/mol. The molecule has 5 heteroatoms.